The summed E-state index contributed by atoms with van der Waals surface area (Å²) in [5.74, 6) is 2.44. The summed E-state index contributed by atoms with van der Waals surface area (Å²) in [6, 6.07) is 10.1. The zero-order valence-electron chi connectivity index (χ0n) is 20.2. The van der Waals surface area contributed by atoms with Gasteiger partial charge in [0, 0.05) is 36.8 Å². The van der Waals surface area contributed by atoms with E-state index in [4.69, 9.17) is 9.47 Å². The van der Waals surface area contributed by atoms with Gasteiger partial charge >= 0.3 is 0 Å². The minimum atomic E-state index is 0.0564. The van der Waals surface area contributed by atoms with E-state index < -0.39 is 0 Å². The molecule has 0 aliphatic heterocycles. The molecular weight excluding hydrogens is 448 g/mol. The van der Waals surface area contributed by atoms with Crippen LogP contribution < -0.4 is 14.8 Å². The number of nitrogens with one attached hydrogen (secondary N) is 2. The number of unbranched alkanes of at least 4 members (excludes halogenated alkanes) is 1. The molecule has 0 aliphatic carbocycles. The van der Waals surface area contributed by atoms with Gasteiger partial charge in [-0.3, -0.25) is 4.79 Å². The fourth-order valence-electron chi connectivity index (χ4n) is 3.53. The number of aromatic nitrogens is 2. The molecule has 0 radical (unpaired) electrons. The van der Waals surface area contributed by atoms with E-state index in [1.165, 1.54) is 5.56 Å². The monoisotopic (exact) mass is 482 g/mol. The molecule has 3 aromatic rings. The van der Waals surface area contributed by atoms with Crippen LogP contribution in [0.1, 0.15) is 29.7 Å². The molecule has 0 saturated heterocycles. The van der Waals surface area contributed by atoms with E-state index in [9.17, 15) is 4.79 Å². The molecule has 2 aromatic heterocycles. The van der Waals surface area contributed by atoms with Crippen molar-refractivity contribution in [2.75, 3.05) is 40.9 Å². The van der Waals surface area contributed by atoms with Gasteiger partial charge in [-0.2, -0.15) is 0 Å². The number of H-pyrrole nitrogens is 1. The van der Waals surface area contributed by atoms with Crippen LogP contribution in [0.4, 0.5) is 0 Å². The van der Waals surface area contributed by atoms with Gasteiger partial charge in [-0.25, -0.2) is 4.98 Å². The number of thiophene rings is 1. The fraction of sp³-hybridized carbons (Fsp3) is 0.385. The summed E-state index contributed by atoms with van der Waals surface area (Å²) >= 11 is 1.65. The number of ether oxygens (including phenoxy) is 2. The maximum absolute atomic E-state index is 12.1. The summed E-state index contributed by atoms with van der Waals surface area (Å²) in [5.41, 5.74) is 1.23. The van der Waals surface area contributed by atoms with Crippen LogP contribution in [0.25, 0.3) is 16.8 Å². The lowest BCUT2D eigenvalue weighted by molar-refractivity contribution is -0.120. The van der Waals surface area contributed by atoms with Crippen molar-refractivity contribution in [1.29, 1.82) is 0 Å². The number of amides is 1. The van der Waals surface area contributed by atoms with Crippen LogP contribution in [0.2, 0.25) is 0 Å². The zero-order chi connectivity index (χ0) is 24.2. The average molecular weight is 483 g/mol. The van der Waals surface area contributed by atoms with Crippen LogP contribution >= 0.6 is 11.3 Å². The van der Waals surface area contributed by atoms with Crippen LogP contribution in [-0.2, 0) is 11.2 Å². The second-order valence-corrected chi connectivity index (χ2v) is 9.16. The lowest BCUT2D eigenvalue weighted by atomic mass is 10.1. The molecule has 0 bridgehead atoms. The summed E-state index contributed by atoms with van der Waals surface area (Å²) < 4.78 is 10.7. The Morgan fingerprint density at radius 3 is 2.76 bits per heavy atom. The third-order valence-corrected chi connectivity index (χ3v) is 6.52. The quantitative estimate of drug-likeness (QED) is 0.328. The summed E-state index contributed by atoms with van der Waals surface area (Å²) in [6.45, 7) is 2.67. The number of aromatic amines is 1. The number of imidazole rings is 1. The van der Waals surface area contributed by atoms with Crippen molar-refractivity contribution < 1.29 is 14.3 Å². The predicted octanol–water partition coefficient (Wildman–Crippen LogP) is 4.63. The number of nitrogens with zero attached hydrogens (tertiary/aromatic N) is 2. The van der Waals surface area contributed by atoms with Crippen molar-refractivity contribution in [1.82, 2.24) is 20.2 Å². The normalized spacial score (nSPS) is 11.3. The molecule has 2 heterocycles. The van der Waals surface area contributed by atoms with Crippen molar-refractivity contribution in [3.63, 3.8) is 0 Å². The Labute approximate surface area is 205 Å². The van der Waals surface area contributed by atoms with Gasteiger partial charge in [0.25, 0.3) is 0 Å². The van der Waals surface area contributed by atoms with Gasteiger partial charge in [0.05, 0.1) is 19.1 Å². The lowest BCUT2D eigenvalue weighted by Gasteiger charge is -2.17. The molecule has 3 rings (SSSR count). The van der Waals surface area contributed by atoms with Crippen LogP contribution in [0.5, 0.6) is 11.5 Å². The van der Waals surface area contributed by atoms with Gasteiger partial charge < -0.3 is 24.7 Å². The maximum Gasteiger partial charge on any atom is 0.223 e. The predicted molar refractivity (Wildman–Crippen MR) is 139 cm³/mol. The molecule has 0 aliphatic rings. The third kappa shape index (κ3) is 8.04. The molecule has 34 heavy (non-hydrogen) atoms. The molecule has 0 unspecified atom stereocenters. The van der Waals surface area contributed by atoms with Gasteiger partial charge in [0.1, 0.15) is 5.82 Å². The topological polar surface area (TPSA) is 79.5 Å². The number of likely N-dealkylation sites (N-methyl/N-ethyl adjacent to an activating group) is 1. The largest absolute Gasteiger partial charge is 0.493 e. The Morgan fingerprint density at radius 1 is 1.15 bits per heavy atom. The van der Waals surface area contributed by atoms with Crippen molar-refractivity contribution in [2.24, 2.45) is 0 Å². The van der Waals surface area contributed by atoms with Crippen molar-refractivity contribution in [3.05, 3.63) is 59.2 Å². The molecule has 0 saturated carbocycles. The SMILES string of the molecule is COc1ccc(CCN(C)CCCCNC(=O)CC=Cc2ccc(-c3ncc[nH]3)s2)cc1OC. The maximum atomic E-state index is 12.1. The average Bonchev–Trinajstić information content (AvgIpc) is 3.54. The first-order chi connectivity index (χ1) is 16.6. The van der Waals surface area contributed by atoms with Gasteiger partial charge in [-0.15, -0.1) is 11.3 Å². The Kier molecular flexibility index (Phi) is 10.2. The van der Waals surface area contributed by atoms with E-state index in [0.29, 0.717) is 13.0 Å². The summed E-state index contributed by atoms with van der Waals surface area (Å²) in [6.07, 6.45) is 10.8. The highest BCUT2D eigenvalue weighted by Gasteiger charge is 2.06. The van der Waals surface area contributed by atoms with Gasteiger partial charge in [0.2, 0.25) is 5.91 Å². The van der Waals surface area contributed by atoms with Gasteiger partial charge in [0.15, 0.2) is 11.5 Å². The van der Waals surface area contributed by atoms with E-state index in [2.05, 4.69) is 33.3 Å². The number of carbonyl (C=O) groups is 1. The zero-order valence-corrected chi connectivity index (χ0v) is 21.0. The highest BCUT2D eigenvalue weighted by atomic mass is 32.1. The number of methoxy groups -OCH3 is 2. The van der Waals surface area contributed by atoms with Crippen LogP contribution in [-0.4, -0.2) is 61.7 Å². The number of rotatable bonds is 14. The summed E-state index contributed by atoms with van der Waals surface area (Å²) in [4.78, 5) is 23.9. The van der Waals surface area contributed by atoms with Crippen LogP contribution in [0, 0.1) is 0 Å². The molecular formula is C26H34N4O3S. The number of carbonyl (C=O) groups excluding carboxylic acids is 1. The first-order valence-corrected chi connectivity index (χ1v) is 12.3. The summed E-state index contributed by atoms with van der Waals surface area (Å²) in [7, 11) is 5.44. The van der Waals surface area contributed by atoms with E-state index in [-0.39, 0.29) is 5.91 Å². The Bertz CT molecular complexity index is 1050. The van der Waals surface area contributed by atoms with Crippen LogP contribution in [0.15, 0.2) is 48.8 Å². The minimum absolute atomic E-state index is 0.0564. The first-order valence-electron chi connectivity index (χ1n) is 11.5. The Hall–Kier alpha value is -3.10. The highest BCUT2D eigenvalue weighted by molar-refractivity contribution is 7.16. The molecule has 7 nitrogen and oxygen atoms in total. The van der Waals surface area contributed by atoms with E-state index in [1.54, 1.807) is 31.8 Å². The molecule has 1 aromatic carbocycles. The molecule has 0 spiro atoms. The number of hydrogen-bond donors (Lipinski definition) is 2. The van der Waals surface area contributed by atoms with Crippen molar-refractivity contribution in [3.8, 4) is 22.2 Å². The molecule has 1 amide bonds. The second-order valence-electron chi connectivity index (χ2n) is 8.05. The lowest BCUT2D eigenvalue weighted by Crippen LogP contribution is -2.26. The summed E-state index contributed by atoms with van der Waals surface area (Å²) in [5, 5.41) is 3.01. The third-order valence-electron chi connectivity index (χ3n) is 5.46. The van der Waals surface area contributed by atoms with Gasteiger partial charge in [-0.1, -0.05) is 12.1 Å². The van der Waals surface area contributed by atoms with Crippen molar-refractivity contribution in [2.45, 2.75) is 25.7 Å². The van der Waals surface area contributed by atoms with Crippen LogP contribution in [0.3, 0.4) is 0 Å². The van der Waals surface area contributed by atoms with Gasteiger partial charge in [-0.05, 0) is 68.8 Å². The second kappa shape index (κ2) is 13.6. The van der Waals surface area contributed by atoms with Crippen molar-refractivity contribution >= 4 is 23.3 Å². The molecule has 0 atom stereocenters. The number of benzene rings is 1. The first kappa shape index (κ1) is 25.5. The Morgan fingerprint density at radius 2 is 2.00 bits per heavy atom. The smallest absolute Gasteiger partial charge is 0.223 e. The van der Waals surface area contributed by atoms with E-state index >= 15 is 0 Å². The fourth-order valence-corrected chi connectivity index (χ4v) is 4.43. The van der Waals surface area contributed by atoms with E-state index in [0.717, 1.165) is 59.4 Å². The molecule has 8 heteroatoms. The standard InChI is InChI=1S/C26H34N4O3S/c1-30(18-13-20-9-11-22(32-2)23(19-20)33-3)17-5-4-14-27-25(31)8-6-7-21-10-12-24(34-21)26-28-15-16-29-26/h6-7,9-12,15-16,19H,4-5,8,13-14,17-18H2,1-3H3,(H,27,31)(H,28,29). The molecule has 2 N–H and O–H groups in total. The minimum Gasteiger partial charge on any atom is -0.493 e. The van der Waals surface area contributed by atoms with E-state index in [1.807, 2.05) is 42.6 Å². The molecule has 0 fully saturated rings. The Balaban J connectivity index is 1.26. The number of hydrogen-bond acceptors (Lipinski definition) is 6. The highest BCUT2D eigenvalue weighted by Crippen LogP contribution is 2.28. The molecule has 182 valence electrons.